The smallest absolute Gasteiger partial charge is 0.269 e. The second-order valence-corrected chi connectivity index (χ2v) is 5.41. The van der Waals surface area contributed by atoms with Crippen molar-refractivity contribution in [3.05, 3.63) is 24.0 Å². The predicted molar refractivity (Wildman–Crippen MR) is 82.1 cm³/mol. The molecule has 2 heterocycles. The number of piperidine rings is 1. The Morgan fingerprint density at radius 1 is 1.40 bits per heavy atom. The Morgan fingerprint density at radius 3 is 2.90 bits per heavy atom. The molecule has 0 aromatic carbocycles. The molecule has 1 aliphatic rings. The molecule has 1 fully saturated rings. The number of anilines is 1. The van der Waals surface area contributed by atoms with E-state index in [0.29, 0.717) is 18.3 Å². The summed E-state index contributed by atoms with van der Waals surface area (Å²) in [6, 6.07) is 4.48. The molecule has 1 unspecified atom stereocenters. The minimum atomic E-state index is -0.0796. The zero-order valence-electron chi connectivity index (χ0n) is 12.6. The van der Waals surface area contributed by atoms with Crippen molar-refractivity contribution in [3.8, 4) is 0 Å². The van der Waals surface area contributed by atoms with Crippen molar-refractivity contribution in [1.29, 1.82) is 0 Å². The second kappa shape index (κ2) is 7.27. The van der Waals surface area contributed by atoms with E-state index in [1.165, 1.54) is 25.7 Å². The van der Waals surface area contributed by atoms with E-state index in [-0.39, 0.29) is 5.91 Å². The molecule has 0 saturated carbocycles. The van der Waals surface area contributed by atoms with Gasteiger partial charge in [0.2, 0.25) is 0 Å². The molecule has 1 aromatic heterocycles. The summed E-state index contributed by atoms with van der Waals surface area (Å²) in [5.74, 6) is -0.0796. The van der Waals surface area contributed by atoms with Gasteiger partial charge in [-0.2, -0.15) is 0 Å². The zero-order chi connectivity index (χ0) is 14.4. The van der Waals surface area contributed by atoms with Crippen molar-refractivity contribution >= 4 is 11.6 Å². The fourth-order valence-corrected chi connectivity index (χ4v) is 2.78. The number of hydrogen-bond acceptors (Lipinski definition) is 3. The molecular weight excluding hydrogens is 250 g/mol. The molecular formula is C16H25N3O. The fraction of sp³-hybridized carbons (Fsp3) is 0.625. The molecule has 1 N–H and O–H groups in total. The van der Waals surface area contributed by atoms with E-state index in [1.54, 1.807) is 0 Å². The lowest BCUT2D eigenvalue weighted by Crippen LogP contribution is -2.39. The van der Waals surface area contributed by atoms with Gasteiger partial charge in [0.15, 0.2) is 0 Å². The lowest BCUT2D eigenvalue weighted by molar-refractivity contribution is 0.0948. The maximum atomic E-state index is 11.8. The molecule has 20 heavy (non-hydrogen) atoms. The highest BCUT2D eigenvalue weighted by atomic mass is 16.1. The van der Waals surface area contributed by atoms with E-state index >= 15 is 0 Å². The average molecular weight is 275 g/mol. The number of hydrogen-bond donors (Lipinski definition) is 1. The molecule has 110 valence electrons. The predicted octanol–water partition coefficient (Wildman–Crippen LogP) is 2.99. The summed E-state index contributed by atoms with van der Waals surface area (Å²) in [4.78, 5) is 18.6. The lowest BCUT2D eigenvalue weighted by atomic mass is 9.99. The van der Waals surface area contributed by atoms with Gasteiger partial charge in [0.25, 0.3) is 5.91 Å². The van der Waals surface area contributed by atoms with Crippen LogP contribution in [0.1, 0.15) is 56.4 Å². The van der Waals surface area contributed by atoms with Crippen molar-refractivity contribution in [3.63, 3.8) is 0 Å². The van der Waals surface area contributed by atoms with Gasteiger partial charge >= 0.3 is 0 Å². The summed E-state index contributed by atoms with van der Waals surface area (Å²) in [5.41, 5.74) is 1.65. The third-order valence-electron chi connectivity index (χ3n) is 3.95. The molecule has 4 nitrogen and oxygen atoms in total. The molecule has 1 saturated heterocycles. The van der Waals surface area contributed by atoms with Crippen molar-refractivity contribution in [2.24, 2.45) is 0 Å². The zero-order valence-corrected chi connectivity index (χ0v) is 12.6. The van der Waals surface area contributed by atoms with Crippen LogP contribution in [0.4, 0.5) is 5.69 Å². The number of carbonyl (C=O) groups excluding carboxylic acids is 1. The Balaban J connectivity index is 2.05. The quantitative estimate of drug-likeness (QED) is 0.898. The fourth-order valence-electron chi connectivity index (χ4n) is 2.78. The van der Waals surface area contributed by atoms with E-state index in [0.717, 1.165) is 18.7 Å². The van der Waals surface area contributed by atoms with Gasteiger partial charge in [-0.3, -0.25) is 4.79 Å². The summed E-state index contributed by atoms with van der Waals surface area (Å²) in [6.45, 7) is 6.08. The topological polar surface area (TPSA) is 45.2 Å². The van der Waals surface area contributed by atoms with E-state index in [1.807, 2.05) is 25.3 Å². The first-order valence-corrected chi connectivity index (χ1v) is 7.77. The van der Waals surface area contributed by atoms with Gasteiger partial charge in [-0.05, 0) is 44.2 Å². The Morgan fingerprint density at radius 2 is 2.25 bits per heavy atom. The van der Waals surface area contributed by atoms with E-state index < -0.39 is 0 Å². The minimum Gasteiger partial charge on any atom is -0.367 e. The van der Waals surface area contributed by atoms with Crippen LogP contribution in [0.2, 0.25) is 0 Å². The number of nitrogens with zero attached hydrogens (tertiary/aromatic N) is 2. The first kappa shape index (κ1) is 14.8. The molecule has 1 amide bonds. The molecule has 1 aromatic rings. The number of rotatable bonds is 5. The van der Waals surface area contributed by atoms with E-state index in [2.05, 4.69) is 22.1 Å². The highest BCUT2D eigenvalue weighted by Crippen LogP contribution is 2.25. The Kier molecular flexibility index (Phi) is 5.39. The normalized spacial score (nSPS) is 18.9. The summed E-state index contributed by atoms with van der Waals surface area (Å²) < 4.78 is 0. The van der Waals surface area contributed by atoms with Gasteiger partial charge in [-0.25, -0.2) is 4.98 Å². The molecule has 0 aliphatic carbocycles. The Hall–Kier alpha value is -1.58. The van der Waals surface area contributed by atoms with Crippen molar-refractivity contribution < 1.29 is 4.79 Å². The molecule has 0 bridgehead atoms. The maximum absolute atomic E-state index is 11.8. The number of carbonyl (C=O) groups is 1. The van der Waals surface area contributed by atoms with Crippen LogP contribution in [0.3, 0.4) is 0 Å². The number of nitrogens with one attached hydrogen (secondary N) is 1. The summed E-state index contributed by atoms with van der Waals surface area (Å²) in [6.07, 6.45) is 7.77. The van der Waals surface area contributed by atoms with Gasteiger partial charge in [-0.15, -0.1) is 0 Å². The summed E-state index contributed by atoms with van der Waals surface area (Å²) >= 11 is 0. The van der Waals surface area contributed by atoms with E-state index in [4.69, 9.17) is 0 Å². The van der Waals surface area contributed by atoms with Gasteiger partial charge in [0.05, 0.1) is 11.9 Å². The van der Waals surface area contributed by atoms with Crippen molar-refractivity contribution in [2.75, 3.05) is 18.0 Å². The van der Waals surface area contributed by atoms with Crippen LogP contribution in [-0.2, 0) is 0 Å². The maximum Gasteiger partial charge on any atom is 0.269 e. The van der Waals surface area contributed by atoms with Gasteiger partial charge in [0.1, 0.15) is 5.69 Å². The standard InChI is InChI=1S/C16H25N3O/c1-3-10-17-16(20)15-9-8-14(12-18-15)19-11-6-5-7-13(19)4-2/h8-9,12-13H,3-7,10-11H2,1-2H3,(H,17,20). The summed E-state index contributed by atoms with van der Waals surface area (Å²) in [7, 11) is 0. The van der Waals surface area contributed by atoms with Crippen LogP contribution in [-0.4, -0.2) is 30.0 Å². The SMILES string of the molecule is CCCNC(=O)c1ccc(N2CCCCC2CC)cn1. The van der Waals surface area contributed by atoms with Crippen LogP contribution >= 0.6 is 0 Å². The van der Waals surface area contributed by atoms with Crippen LogP contribution in [0.15, 0.2) is 18.3 Å². The van der Waals surface area contributed by atoms with Gasteiger partial charge < -0.3 is 10.2 Å². The second-order valence-electron chi connectivity index (χ2n) is 5.41. The van der Waals surface area contributed by atoms with Gasteiger partial charge in [-0.1, -0.05) is 13.8 Å². The minimum absolute atomic E-state index is 0.0796. The van der Waals surface area contributed by atoms with Crippen LogP contribution in [0, 0.1) is 0 Å². The third-order valence-corrected chi connectivity index (χ3v) is 3.95. The molecule has 4 heteroatoms. The summed E-state index contributed by atoms with van der Waals surface area (Å²) in [5, 5.41) is 2.85. The van der Waals surface area contributed by atoms with Crippen molar-refractivity contribution in [1.82, 2.24) is 10.3 Å². The highest BCUT2D eigenvalue weighted by Gasteiger charge is 2.21. The lowest BCUT2D eigenvalue weighted by Gasteiger charge is -2.37. The van der Waals surface area contributed by atoms with Crippen LogP contribution in [0.25, 0.3) is 0 Å². The number of pyridine rings is 1. The van der Waals surface area contributed by atoms with Crippen LogP contribution < -0.4 is 10.2 Å². The third kappa shape index (κ3) is 3.50. The molecule has 1 atom stereocenters. The molecule has 0 spiro atoms. The highest BCUT2D eigenvalue weighted by molar-refractivity contribution is 5.92. The Bertz CT molecular complexity index is 430. The van der Waals surface area contributed by atoms with E-state index in [9.17, 15) is 4.79 Å². The average Bonchev–Trinajstić information content (AvgIpc) is 2.52. The largest absolute Gasteiger partial charge is 0.367 e. The monoisotopic (exact) mass is 275 g/mol. The van der Waals surface area contributed by atoms with Crippen LogP contribution in [0.5, 0.6) is 0 Å². The first-order chi connectivity index (χ1) is 9.76. The molecule has 2 rings (SSSR count). The first-order valence-electron chi connectivity index (χ1n) is 7.77. The van der Waals surface area contributed by atoms with Gasteiger partial charge in [0, 0.05) is 19.1 Å². The number of aromatic nitrogens is 1. The Labute approximate surface area is 121 Å². The molecule has 0 radical (unpaired) electrons. The molecule has 1 aliphatic heterocycles. The van der Waals surface area contributed by atoms with Crippen molar-refractivity contribution in [2.45, 2.75) is 52.0 Å². The number of amides is 1.